The standard InChI is InChI=1S/C14H20N2O2/c1-10-11-6-5-8-15-12(11)7-9-16(10)13(17)18-14(2,3)4/h5-6,8,10H,7,9H2,1-4H3/t10-/m1/s1. The average Bonchev–Trinajstić information content (AvgIpc) is 2.27. The molecular formula is C14H20N2O2. The van der Waals surface area contributed by atoms with Crippen LogP contribution in [0.3, 0.4) is 0 Å². The summed E-state index contributed by atoms with van der Waals surface area (Å²) in [5.41, 5.74) is 1.76. The number of carbonyl (C=O) groups is 1. The van der Waals surface area contributed by atoms with E-state index in [1.165, 1.54) is 0 Å². The molecule has 1 aromatic heterocycles. The van der Waals surface area contributed by atoms with Gasteiger partial charge in [-0.3, -0.25) is 4.98 Å². The Morgan fingerprint density at radius 1 is 1.50 bits per heavy atom. The van der Waals surface area contributed by atoms with Crippen molar-refractivity contribution in [3.63, 3.8) is 0 Å². The smallest absolute Gasteiger partial charge is 0.410 e. The van der Waals surface area contributed by atoms with Crippen LogP contribution in [0.25, 0.3) is 0 Å². The molecule has 1 aliphatic heterocycles. The molecule has 98 valence electrons. The van der Waals surface area contributed by atoms with Gasteiger partial charge in [0.1, 0.15) is 5.60 Å². The number of hydrogen-bond donors (Lipinski definition) is 0. The first-order valence-corrected chi connectivity index (χ1v) is 6.32. The van der Waals surface area contributed by atoms with E-state index < -0.39 is 5.60 Å². The summed E-state index contributed by atoms with van der Waals surface area (Å²) in [5.74, 6) is 0. The van der Waals surface area contributed by atoms with E-state index >= 15 is 0 Å². The summed E-state index contributed by atoms with van der Waals surface area (Å²) >= 11 is 0. The molecular weight excluding hydrogens is 228 g/mol. The Labute approximate surface area is 108 Å². The van der Waals surface area contributed by atoms with Crippen LogP contribution in [-0.4, -0.2) is 28.1 Å². The molecule has 1 atom stereocenters. The molecule has 0 saturated carbocycles. The van der Waals surface area contributed by atoms with Crippen LogP contribution in [0.1, 0.15) is 45.0 Å². The summed E-state index contributed by atoms with van der Waals surface area (Å²) in [7, 11) is 0. The quantitative estimate of drug-likeness (QED) is 0.709. The number of ether oxygens (including phenoxy) is 1. The van der Waals surface area contributed by atoms with Gasteiger partial charge in [-0.15, -0.1) is 0 Å². The minimum atomic E-state index is -0.452. The van der Waals surface area contributed by atoms with Crippen molar-refractivity contribution in [3.05, 3.63) is 29.6 Å². The summed E-state index contributed by atoms with van der Waals surface area (Å²) in [5, 5.41) is 0. The predicted molar refractivity (Wildman–Crippen MR) is 69.3 cm³/mol. The fourth-order valence-electron chi connectivity index (χ4n) is 2.20. The molecule has 1 amide bonds. The van der Waals surface area contributed by atoms with Gasteiger partial charge in [0.15, 0.2) is 0 Å². The minimum Gasteiger partial charge on any atom is -0.444 e. The third kappa shape index (κ3) is 2.63. The molecule has 0 unspecified atom stereocenters. The molecule has 0 radical (unpaired) electrons. The number of rotatable bonds is 0. The number of pyridine rings is 1. The van der Waals surface area contributed by atoms with Crippen LogP contribution in [0.5, 0.6) is 0 Å². The van der Waals surface area contributed by atoms with Crippen LogP contribution in [0.2, 0.25) is 0 Å². The Morgan fingerprint density at radius 2 is 2.22 bits per heavy atom. The van der Waals surface area contributed by atoms with Gasteiger partial charge in [0.05, 0.1) is 6.04 Å². The van der Waals surface area contributed by atoms with Gasteiger partial charge in [-0.2, -0.15) is 0 Å². The summed E-state index contributed by atoms with van der Waals surface area (Å²) in [6.45, 7) is 8.34. The Bertz CT molecular complexity index is 451. The molecule has 18 heavy (non-hydrogen) atoms. The Balaban J connectivity index is 2.17. The molecule has 4 heteroatoms. The molecule has 1 aliphatic rings. The molecule has 0 spiro atoms. The summed E-state index contributed by atoms with van der Waals surface area (Å²) in [6, 6.07) is 3.97. The van der Waals surface area contributed by atoms with Crippen molar-refractivity contribution in [2.24, 2.45) is 0 Å². The van der Waals surface area contributed by atoms with Crippen molar-refractivity contribution in [2.75, 3.05) is 6.54 Å². The number of carbonyl (C=O) groups excluding carboxylic acids is 1. The number of amides is 1. The third-order valence-corrected chi connectivity index (χ3v) is 3.06. The predicted octanol–water partition coefficient (Wildman–Crippen LogP) is 2.94. The lowest BCUT2D eigenvalue weighted by atomic mass is 9.99. The molecule has 2 heterocycles. The highest BCUT2D eigenvalue weighted by Gasteiger charge is 2.31. The van der Waals surface area contributed by atoms with Gasteiger partial charge in [0, 0.05) is 24.9 Å². The largest absolute Gasteiger partial charge is 0.444 e. The van der Waals surface area contributed by atoms with Crippen molar-refractivity contribution < 1.29 is 9.53 Å². The van der Waals surface area contributed by atoms with Crippen molar-refractivity contribution in [1.82, 2.24) is 9.88 Å². The summed E-state index contributed by atoms with van der Waals surface area (Å²) in [6.07, 6.45) is 2.35. The van der Waals surface area contributed by atoms with E-state index in [0.717, 1.165) is 17.7 Å². The van der Waals surface area contributed by atoms with E-state index in [-0.39, 0.29) is 12.1 Å². The van der Waals surface area contributed by atoms with Crippen LogP contribution >= 0.6 is 0 Å². The maximum Gasteiger partial charge on any atom is 0.410 e. The van der Waals surface area contributed by atoms with Crippen LogP contribution in [0.15, 0.2) is 18.3 Å². The van der Waals surface area contributed by atoms with Gasteiger partial charge >= 0.3 is 6.09 Å². The highest BCUT2D eigenvalue weighted by molar-refractivity contribution is 5.69. The number of nitrogens with zero attached hydrogens (tertiary/aromatic N) is 2. The maximum absolute atomic E-state index is 12.1. The highest BCUT2D eigenvalue weighted by atomic mass is 16.6. The second-order valence-corrected chi connectivity index (χ2v) is 5.64. The highest BCUT2D eigenvalue weighted by Crippen LogP contribution is 2.29. The van der Waals surface area contributed by atoms with Crippen LogP contribution < -0.4 is 0 Å². The SMILES string of the molecule is C[C@@H]1c2cccnc2CCN1C(=O)OC(C)(C)C. The van der Waals surface area contributed by atoms with Gasteiger partial charge in [-0.05, 0) is 39.3 Å². The van der Waals surface area contributed by atoms with E-state index in [0.29, 0.717) is 6.54 Å². The molecule has 0 aromatic carbocycles. The number of hydrogen-bond acceptors (Lipinski definition) is 3. The first-order chi connectivity index (χ1) is 8.38. The first kappa shape index (κ1) is 12.9. The molecule has 0 bridgehead atoms. The number of fused-ring (bicyclic) bond motifs is 1. The minimum absolute atomic E-state index is 0.0253. The molecule has 0 saturated heterocycles. The lowest BCUT2D eigenvalue weighted by molar-refractivity contribution is 0.0158. The van der Waals surface area contributed by atoms with Gasteiger partial charge < -0.3 is 9.64 Å². The average molecular weight is 248 g/mol. The zero-order valence-electron chi connectivity index (χ0n) is 11.4. The van der Waals surface area contributed by atoms with E-state index in [4.69, 9.17) is 4.74 Å². The topological polar surface area (TPSA) is 42.4 Å². The van der Waals surface area contributed by atoms with Gasteiger partial charge in [-0.25, -0.2) is 4.79 Å². The normalized spacial score (nSPS) is 19.3. The van der Waals surface area contributed by atoms with E-state index in [9.17, 15) is 4.79 Å². The fourth-order valence-corrected chi connectivity index (χ4v) is 2.20. The number of aromatic nitrogens is 1. The van der Waals surface area contributed by atoms with Crippen LogP contribution in [0.4, 0.5) is 4.79 Å². The molecule has 0 aliphatic carbocycles. The molecule has 2 rings (SSSR count). The van der Waals surface area contributed by atoms with E-state index in [1.807, 2.05) is 39.8 Å². The second kappa shape index (κ2) is 4.59. The Hall–Kier alpha value is -1.58. The van der Waals surface area contributed by atoms with Gasteiger partial charge in [0.25, 0.3) is 0 Å². The van der Waals surface area contributed by atoms with Crippen molar-refractivity contribution in [2.45, 2.75) is 45.8 Å². The van der Waals surface area contributed by atoms with E-state index in [1.54, 1.807) is 11.1 Å². The first-order valence-electron chi connectivity index (χ1n) is 6.32. The van der Waals surface area contributed by atoms with Crippen molar-refractivity contribution in [3.8, 4) is 0 Å². The van der Waals surface area contributed by atoms with Crippen molar-refractivity contribution in [1.29, 1.82) is 0 Å². The summed E-state index contributed by atoms with van der Waals surface area (Å²) in [4.78, 5) is 18.2. The molecule has 0 N–H and O–H groups in total. The lowest BCUT2D eigenvalue weighted by Gasteiger charge is -2.35. The van der Waals surface area contributed by atoms with Gasteiger partial charge in [-0.1, -0.05) is 6.07 Å². The zero-order valence-corrected chi connectivity index (χ0v) is 11.4. The molecule has 4 nitrogen and oxygen atoms in total. The zero-order chi connectivity index (χ0) is 13.3. The second-order valence-electron chi connectivity index (χ2n) is 5.64. The third-order valence-electron chi connectivity index (χ3n) is 3.06. The van der Waals surface area contributed by atoms with Crippen LogP contribution in [-0.2, 0) is 11.2 Å². The van der Waals surface area contributed by atoms with Crippen molar-refractivity contribution >= 4 is 6.09 Å². The summed E-state index contributed by atoms with van der Waals surface area (Å²) < 4.78 is 5.43. The fraction of sp³-hybridized carbons (Fsp3) is 0.571. The van der Waals surface area contributed by atoms with E-state index in [2.05, 4.69) is 4.98 Å². The lowest BCUT2D eigenvalue weighted by Crippen LogP contribution is -2.42. The monoisotopic (exact) mass is 248 g/mol. The Morgan fingerprint density at radius 3 is 2.89 bits per heavy atom. The molecule has 1 aromatic rings. The van der Waals surface area contributed by atoms with Crippen LogP contribution in [0, 0.1) is 0 Å². The maximum atomic E-state index is 12.1. The Kier molecular flexibility index (Phi) is 3.28. The molecule has 0 fully saturated rings. The van der Waals surface area contributed by atoms with Gasteiger partial charge in [0.2, 0.25) is 0 Å².